The van der Waals surface area contributed by atoms with Gasteiger partial charge in [-0.15, -0.1) is 0 Å². The molecule has 1 amide bonds. The summed E-state index contributed by atoms with van der Waals surface area (Å²) in [7, 11) is 1.31. The second-order valence-electron chi connectivity index (χ2n) is 15.0. The van der Waals surface area contributed by atoms with Crippen molar-refractivity contribution in [3.8, 4) is 0 Å². The SMILES string of the molecule is CCCCCCCCCCCCCCCCCCCC(O)C(COP(=O)([O-])OCC[N+](C)(C)C)NC(=O)CCCCCCCCCC. The van der Waals surface area contributed by atoms with Crippen molar-refractivity contribution in [1.29, 1.82) is 0 Å². The average Bonchev–Trinajstić information content (AvgIpc) is 3.01. The van der Waals surface area contributed by atoms with E-state index in [4.69, 9.17) is 9.05 Å². The highest BCUT2D eigenvalue weighted by atomic mass is 31.2. The van der Waals surface area contributed by atoms with Crippen molar-refractivity contribution in [3.05, 3.63) is 0 Å². The molecule has 0 fully saturated rings. The largest absolute Gasteiger partial charge is 0.756 e. The number of quaternary nitrogens is 1. The highest BCUT2D eigenvalue weighted by molar-refractivity contribution is 7.45. The van der Waals surface area contributed by atoms with Crippen molar-refractivity contribution in [1.82, 2.24) is 5.32 Å². The summed E-state index contributed by atoms with van der Waals surface area (Å²) in [6, 6.07) is -0.790. The van der Waals surface area contributed by atoms with Crippen LogP contribution in [0.1, 0.15) is 187 Å². The van der Waals surface area contributed by atoms with Crippen molar-refractivity contribution in [2.45, 2.75) is 199 Å². The molecular weight excluding hydrogens is 611 g/mol. The molecule has 3 unspecified atom stereocenters. The van der Waals surface area contributed by atoms with E-state index >= 15 is 0 Å². The number of nitrogens with zero attached hydrogens (tertiary/aromatic N) is 1. The van der Waals surface area contributed by atoms with Crippen molar-refractivity contribution >= 4 is 13.7 Å². The van der Waals surface area contributed by atoms with Crippen molar-refractivity contribution in [2.75, 3.05) is 40.9 Å². The van der Waals surface area contributed by atoms with Gasteiger partial charge in [0, 0.05) is 6.42 Å². The first kappa shape index (κ1) is 46.5. The lowest BCUT2D eigenvalue weighted by atomic mass is 10.0. The van der Waals surface area contributed by atoms with Crippen LogP contribution in [-0.2, 0) is 18.4 Å². The predicted molar refractivity (Wildman–Crippen MR) is 196 cm³/mol. The van der Waals surface area contributed by atoms with Gasteiger partial charge in [0.1, 0.15) is 13.2 Å². The molecule has 8 nitrogen and oxygen atoms in total. The second-order valence-corrected chi connectivity index (χ2v) is 16.4. The quantitative estimate of drug-likeness (QED) is 0.0385. The van der Waals surface area contributed by atoms with Gasteiger partial charge in [0.15, 0.2) is 0 Å². The molecule has 0 bridgehead atoms. The number of carbonyl (C=O) groups excluding carboxylic acids is 1. The highest BCUT2D eigenvalue weighted by Crippen LogP contribution is 2.38. The summed E-state index contributed by atoms with van der Waals surface area (Å²) in [4.78, 5) is 25.1. The van der Waals surface area contributed by atoms with Gasteiger partial charge in [0.05, 0.1) is 39.9 Å². The molecule has 0 aliphatic rings. The molecule has 0 radical (unpaired) electrons. The third kappa shape index (κ3) is 33.8. The van der Waals surface area contributed by atoms with Gasteiger partial charge in [-0.3, -0.25) is 9.36 Å². The summed E-state index contributed by atoms with van der Waals surface area (Å²) in [5.74, 6) is -0.169. The number of amides is 1. The van der Waals surface area contributed by atoms with E-state index in [0.29, 0.717) is 23.9 Å². The molecule has 0 aromatic carbocycles. The lowest BCUT2D eigenvalue weighted by Gasteiger charge is -2.30. The minimum absolute atomic E-state index is 0.0154. The molecule has 282 valence electrons. The van der Waals surface area contributed by atoms with Crippen LogP contribution in [-0.4, -0.2) is 68.5 Å². The van der Waals surface area contributed by atoms with Crippen LogP contribution in [0.2, 0.25) is 0 Å². The number of likely N-dealkylation sites (N-methyl/N-ethyl adjacent to an activating group) is 1. The molecule has 0 saturated carbocycles. The minimum Gasteiger partial charge on any atom is -0.756 e. The maximum absolute atomic E-state index is 12.7. The number of phosphoric acid groups is 1. The van der Waals surface area contributed by atoms with E-state index < -0.39 is 20.0 Å². The predicted octanol–water partition coefficient (Wildman–Crippen LogP) is 9.61. The van der Waals surface area contributed by atoms with E-state index in [1.165, 1.54) is 122 Å². The standard InChI is InChI=1S/C38H79N2O6P/c1-6-8-10-12-14-16-17-18-19-20-21-22-23-24-25-27-29-31-37(41)36(35-46-47(43,44)45-34-33-40(3,4)5)39-38(42)32-30-28-26-15-13-11-9-7-2/h36-37,41H,6-35H2,1-5H3,(H-,39,42,43,44). The monoisotopic (exact) mass is 691 g/mol. The van der Waals surface area contributed by atoms with Crippen LogP contribution in [0.15, 0.2) is 0 Å². The van der Waals surface area contributed by atoms with Crippen LogP contribution < -0.4 is 10.2 Å². The Kier molecular flexibility index (Phi) is 31.1. The number of aliphatic hydroxyl groups is 1. The Morgan fingerprint density at radius 3 is 1.45 bits per heavy atom. The molecule has 0 aromatic rings. The van der Waals surface area contributed by atoms with Crippen LogP contribution in [0.3, 0.4) is 0 Å². The maximum Gasteiger partial charge on any atom is 0.268 e. The summed E-state index contributed by atoms with van der Waals surface area (Å²) in [6.45, 7) is 4.69. The molecule has 0 spiro atoms. The Morgan fingerprint density at radius 1 is 0.660 bits per heavy atom. The number of unbranched alkanes of at least 4 members (excludes halogenated alkanes) is 23. The van der Waals surface area contributed by atoms with Gasteiger partial charge in [0.2, 0.25) is 5.91 Å². The van der Waals surface area contributed by atoms with E-state index in [1.807, 2.05) is 21.1 Å². The number of carbonyl (C=O) groups is 1. The first-order valence-corrected chi connectivity index (χ1v) is 21.3. The molecule has 0 aromatic heterocycles. The van der Waals surface area contributed by atoms with Gasteiger partial charge in [0.25, 0.3) is 7.82 Å². The van der Waals surface area contributed by atoms with E-state index in [1.54, 1.807) is 0 Å². The van der Waals surface area contributed by atoms with Crippen LogP contribution in [0, 0.1) is 0 Å². The van der Waals surface area contributed by atoms with Crippen LogP contribution in [0.5, 0.6) is 0 Å². The van der Waals surface area contributed by atoms with E-state index in [-0.39, 0.29) is 19.1 Å². The van der Waals surface area contributed by atoms with Crippen molar-refractivity contribution < 1.29 is 32.9 Å². The highest BCUT2D eigenvalue weighted by Gasteiger charge is 2.24. The second kappa shape index (κ2) is 31.5. The molecule has 3 atom stereocenters. The van der Waals surface area contributed by atoms with Gasteiger partial charge < -0.3 is 28.8 Å². The van der Waals surface area contributed by atoms with Gasteiger partial charge in [-0.25, -0.2) is 0 Å². The fourth-order valence-electron chi connectivity index (χ4n) is 5.86. The number of aliphatic hydroxyl groups excluding tert-OH is 1. The smallest absolute Gasteiger partial charge is 0.268 e. The lowest BCUT2D eigenvalue weighted by Crippen LogP contribution is -2.46. The Hall–Kier alpha value is -0.500. The maximum atomic E-state index is 12.7. The van der Waals surface area contributed by atoms with E-state index in [2.05, 4.69) is 19.2 Å². The summed E-state index contributed by atoms with van der Waals surface area (Å²) in [6.07, 6.45) is 31.1. The third-order valence-electron chi connectivity index (χ3n) is 9.10. The van der Waals surface area contributed by atoms with Gasteiger partial charge in [-0.2, -0.15) is 0 Å². The molecule has 0 rings (SSSR count). The first-order chi connectivity index (χ1) is 22.5. The fourth-order valence-corrected chi connectivity index (χ4v) is 6.59. The van der Waals surface area contributed by atoms with Gasteiger partial charge >= 0.3 is 0 Å². The zero-order valence-electron chi connectivity index (χ0n) is 31.8. The van der Waals surface area contributed by atoms with Crippen LogP contribution in [0.4, 0.5) is 0 Å². The zero-order valence-corrected chi connectivity index (χ0v) is 32.6. The van der Waals surface area contributed by atoms with Crippen LogP contribution in [0.25, 0.3) is 0 Å². The normalized spacial score (nSPS) is 14.6. The molecule has 47 heavy (non-hydrogen) atoms. The van der Waals surface area contributed by atoms with Crippen molar-refractivity contribution in [2.24, 2.45) is 0 Å². The number of phosphoric ester groups is 1. The molecule has 9 heteroatoms. The van der Waals surface area contributed by atoms with Crippen LogP contribution >= 0.6 is 7.82 Å². The van der Waals surface area contributed by atoms with E-state index in [9.17, 15) is 19.4 Å². The van der Waals surface area contributed by atoms with E-state index in [0.717, 1.165) is 38.5 Å². The average molecular weight is 691 g/mol. The molecule has 0 heterocycles. The molecule has 0 saturated heterocycles. The Morgan fingerprint density at radius 2 is 1.04 bits per heavy atom. The summed E-state index contributed by atoms with van der Waals surface area (Å²) in [5, 5.41) is 13.8. The molecule has 2 N–H and O–H groups in total. The topological polar surface area (TPSA) is 108 Å². The summed E-state index contributed by atoms with van der Waals surface area (Å²) in [5.41, 5.74) is 0. The zero-order chi connectivity index (χ0) is 35.1. The number of rotatable bonds is 36. The number of hydrogen-bond donors (Lipinski definition) is 2. The summed E-state index contributed by atoms with van der Waals surface area (Å²) >= 11 is 0. The Balaban J connectivity index is 4.33. The lowest BCUT2D eigenvalue weighted by molar-refractivity contribution is -0.870. The minimum atomic E-state index is -4.55. The number of nitrogens with one attached hydrogen (secondary N) is 1. The Bertz CT molecular complexity index is 748. The summed E-state index contributed by atoms with van der Waals surface area (Å²) < 4.78 is 23.1. The third-order valence-corrected chi connectivity index (χ3v) is 10.1. The van der Waals surface area contributed by atoms with Gasteiger partial charge in [-0.1, -0.05) is 168 Å². The number of hydrogen-bond acceptors (Lipinski definition) is 6. The fraction of sp³-hybridized carbons (Fsp3) is 0.974. The van der Waals surface area contributed by atoms with Gasteiger partial charge in [-0.05, 0) is 12.8 Å². The van der Waals surface area contributed by atoms with Crippen molar-refractivity contribution in [3.63, 3.8) is 0 Å². The first-order valence-electron chi connectivity index (χ1n) is 19.9. The molecule has 0 aliphatic heterocycles. The Labute approximate surface area is 291 Å². The molecule has 0 aliphatic carbocycles. The molecular formula is C38H79N2O6P.